The van der Waals surface area contributed by atoms with Gasteiger partial charge in [-0.2, -0.15) is 11.3 Å². The Hall–Kier alpha value is -5.95. The third kappa shape index (κ3) is 7.25. The van der Waals surface area contributed by atoms with Gasteiger partial charge in [0, 0.05) is 41.1 Å². The van der Waals surface area contributed by atoms with Crippen molar-refractivity contribution in [3.63, 3.8) is 0 Å². The van der Waals surface area contributed by atoms with Crippen LogP contribution in [0.2, 0.25) is 17.3 Å². The second-order valence-electron chi connectivity index (χ2n) is 17.6. The number of nitrogens with zero attached hydrogens (tertiary/aromatic N) is 3. The van der Waals surface area contributed by atoms with Crippen LogP contribution in [-0.4, -0.2) is 27.6 Å². The Morgan fingerprint density at radius 1 is 0.609 bits per heavy atom. The minimum atomic E-state index is -2.03. The number of hydrogen-bond donors (Lipinski definition) is 0. The van der Waals surface area contributed by atoms with E-state index in [4.69, 9.17) is 6.35 Å². The summed E-state index contributed by atoms with van der Waals surface area (Å²) in [5.41, 5.74) is 7.27. The van der Waals surface area contributed by atoms with Gasteiger partial charge >= 0.3 is 120 Å². The zero-order valence-electron chi connectivity index (χ0n) is 37.3. The molecule has 0 fully saturated rings. The van der Waals surface area contributed by atoms with E-state index in [1.165, 1.54) is 67.7 Å². The molecule has 12 rings (SSSR count). The standard InChI is InChI=1S/C41H23N2S.C17H22GeN.Ir/c1-2-12-26-24-38-35(23-25(26)11-1)33-19-9-20-34(40(33)44-38)41-42-36-21-10-18-32-30-16-6-4-14-28(30)27-13-3-5-15-29(27)31-17-7-8-22-37(31)43(41)39(32)36;1-13(2)15-11-17(14-9-7-6-8-10-14)19-12-16(15)18(3,4)5;/h1-19,21-24H;6-9,11-13H,1-5H3;/q2*-1;/i;13D;. The van der Waals surface area contributed by atoms with Gasteiger partial charge in [0.2, 0.25) is 0 Å². The van der Waals surface area contributed by atoms with Crippen molar-refractivity contribution in [3.8, 4) is 22.6 Å². The first kappa shape index (κ1) is 40.8. The van der Waals surface area contributed by atoms with E-state index in [1.807, 2.05) is 55.6 Å². The fourth-order valence-corrected chi connectivity index (χ4v) is 13.9. The third-order valence-corrected chi connectivity index (χ3v) is 17.7. The van der Waals surface area contributed by atoms with E-state index in [0.717, 1.165) is 44.8 Å². The maximum Gasteiger partial charge on any atom is 0.0780 e. The zero-order valence-corrected chi connectivity index (χ0v) is 41.6. The average Bonchev–Trinajstić information content (AvgIpc) is 3.89. The van der Waals surface area contributed by atoms with Crippen molar-refractivity contribution in [1.82, 2.24) is 14.4 Å². The number of imidazole rings is 1. The Kier molecular flexibility index (Phi) is 10.8. The first-order valence-electron chi connectivity index (χ1n) is 22.1. The average molecular weight is 1080 g/mol. The van der Waals surface area contributed by atoms with Crippen LogP contribution < -0.4 is 4.40 Å². The minimum Gasteiger partial charge on any atom is -0.332 e. The van der Waals surface area contributed by atoms with Gasteiger partial charge in [-0.1, -0.05) is 114 Å². The second-order valence-corrected chi connectivity index (χ2v) is 29.2. The van der Waals surface area contributed by atoms with E-state index < -0.39 is 19.2 Å². The number of pyridine rings is 1. The fraction of sp³-hybridized carbons (Fsp3) is 0.103. The Balaban J connectivity index is 0.000000201. The minimum absolute atomic E-state index is 0. The Morgan fingerprint density at radius 2 is 1.23 bits per heavy atom. The maximum atomic E-state index is 8.44. The summed E-state index contributed by atoms with van der Waals surface area (Å²) in [5.74, 6) is 7.36. The van der Waals surface area contributed by atoms with Crippen LogP contribution in [0.4, 0.5) is 0 Å². The van der Waals surface area contributed by atoms with Gasteiger partial charge in [0.1, 0.15) is 0 Å². The van der Waals surface area contributed by atoms with Gasteiger partial charge in [0.25, 0.3) is 0 Å². The molecular formula is C58H45GeIrN3S-2. The van der Waals surface area contributed by atoms with Gasteiger partial charge in [-0.25, -0.2) is 0 Å². The molecule has 4 heterocycles. The molecule has 0 aliphatic heterocycles. The van der Waals surface area contributed by atoms with Crippen molar-refractivity contribution < 1.29 is 21.5 Å². The Morgan fingerprint density at radius 3 is 1.92 bits per heavy atom. The summed E-state index contributed by atoms with van der Waals surface area (Å²) < 4.78 is 14.7. The monoisotopic (exact) mass is 1080 g/mol. The van der Waals surface area contributed by atoms with Crippen LogP contribution in [0.15, 0.2) is 176 Å². The first-order chi connectivity index (χ1) is 31.0. The van der Waals surface area contributed by atoms with E-state index in [2.05, 4.69) is 184 Å². The third-order valence-electron chi connectivity index (χ3n) is 12.3. The number of hydrogen-bond acceptors (Lipinski definition) is 3. The van der Waals surface area contributed by atoms with Gasteiger partial charge in [0.05, 0.1) is 16.9 Å². The molecule has 0 aliphatic rings. The topological polar surface area (TPSA) is 30.2 Å². The molecule has 0 saturated carbocycles. The van der Waals surface area contributed by atoms with Crippen molar-refractivity contribution in [2.45, 2.75) is 37.0 Å². The van der Waals surface area contributed by atoms with Crippen LogP contribution >= 0.6 is 11.3 Å². The molecule has 3 nitrogen and oxygen atoms in total. The number of rotatable bonds is 4. The summed E-state index contributed by atoms with van der Waals surface area (Å²) in [6.07, 6.45) is 2.00. The molecule has 0 N–H and O–H groups in total. The van der Waals surface area contributed by atoms with Crippen LogP contribution in [0.5, 0.6) is 0 Å². The summed E-state index contributed by atoms with van der Waals surface area (Å²) in [6, 6.07) is 67.2. The quantitative estimate of drug-likeness (QED) is 0.130. The molecule has 8 aromatic carbocycles. The molecule has 64 heavy (non-hydrogen) atoms. The maximum absolute atomic E-state index is 8.44. The summed E-state index contributed by atoms with van der Waals surface area (Å²) in [5, 5.41) is 12.3. The number of benzene rings is 8. The van der Waals surface area contributed by atoms with E-state index in [9.17, 15) is 0 Å². The van der Waals surface area contributed by atoms with Crippen molar-refractivity contribution in [2.24, 2.45) is 0 Å². The van der Waals surface area contributed by atoms with E-state index in [1.54, 1.807) is 0 Å². The van der Waals surface area contributed by atoms with E-state index >= 15 is 0 Å². The number of fused-ring (bicyclic) bond motifs is 11. The van der Waals surface area contributed by atoms with Crippen molar-refractivity contribution in [3.05, 3.63) is 194 Å². The molecule has 6 heteroatoms. The molecule has 12 aromatic rings. The van der Waals surface area contributed by atoms with Crippen LogP contribution in [0.25, 0.3) is 102 Å². The molecule has 0 spiro atoms. The number of thiophene rings is 1. The molecular weight excluding hydrogens is 1040 g/mol. The van der Waals surface area contributed by atoms with Crippen LogP contribution in [0.1, 0.15) is 26.7 Å². The normalized spacial score (nSPS) is 12.2. The first-order valence-corrected chi connectivity index (χ1v) is 29.7. The largest absolute Gasteiger partial charge is 0.332 e. The Labute approximate surface area is 395 Å². The molecule has 313 valence electrons. The Bertz CT molecular complexity index is 3830. The molecule has 1 radical (unpaired) electrons. The van der Waals surface area contributed by atoms with Gasteiger partial charge < -0.3 is 4.40 Å². The summed E-state index contributed by atoms with van der Waals surface area (Å²) in [6.45, 7) is 3.91. The summed E-state index contributed by atoms with van der Waals surface area (Å²) >= 11 is -0.189. The van der Waals surface area contributed by atoms with E-state index in [0.29, 0.717) is 0 Å². The fourth-order valence-electron chi connectivity index (χ4n) is 9.31. The number of para-hydroxylation sites is 2. The summed E-state index contributed by atoms with van der Waals surface area (Å²) in [7, 11) is 0. The summed E-state index contributed by atoms with van der Waals surface area (Å²) in [4.78, 5) is 10.0. The predicted molar refractivity (Wildman–Crippen MR) is 274 cm³/mol. The van der Waals surface area contributed by atoms with Gasteiger partial charge in [-0.15, -0.1) is 18.2 Å². The van der Waals surface area contributed by atoms with Crippen molar-refractivity contribution >= 4 is 109 Å². The molecule has 4 aromatic heterocycles. The smallest absolute Gasteiger partial charge is 0.0780 e. The zero-order chi connectivity index (χ0) is 43.7. The SMILES string of the molecule is [2H]C(C)(C)c1cc(-c2[c-]cccc2)nc[c]1[Ge]([CH3])([CH3])[CH3].[Ir].[c-]1ccc2c(sc3cc4ccccc4cc32)c1-c1nc2cccc3c4ccccc4c4ccccc4c4ccccc4n1c23. The second kappa shape index (κ2) is 16.9. The van der Waals surface area contributed by atoms with Gasteiger partial charge in [-0.3, -0.25) is 4.98 Å². The van der Waals surface area contributed by atoms with Gasteiger partial charge in [-0.05, 0) is 66.7 Å². The van der Waals surface area contributed by atoms with Crippen LogP contribution in [-0.2, 0) is 20.1 Å². The molecule has 0 atom stereocenters. The number of aromatic nitrogens is 3. The van der Waals surface area contributed by atoms with Crippen molar-refractivity contribution in [1.29, 1.82) is 0 Å². The molecule has 0 aliphatic carbocycles. The van der Waals surface area contributed by atoms with Crippen LogP contribution in [0, 0.1) is 12.1 Å². The molecule has 0 saturated heterocycles. The van der Waals surface area contributed by atoms with Gasteiger partial charge in [0.15, 0.2) is 0 Å². The molecule has 0 bridgehead atoms. The van der Waals surface area contributed by atoms with E-state index in [-0.39, 0.29) is 20.1 Å². The van der Waals surface area contributed by atoms with Crippen molar-refractivity contribution in [2.75, 3.05) is 0 Å². The van der Waals surface area contributed by atoms with Crippen LogP contribution in [0.3, 0.4) is 0 Å². The molecule has 0 amide bonds. The predicted octanol–water partition coefficient (Wildman–Crippen LogP) is 15.7. The molecule has 0 unspecified atom stereocenters.